The second kappa shape index (κ2) is 5.84. The number of benzene rings is 1. The number of amides is 1. The summed E-state index contributed by atoms with van der Waals surface area (Å²) in [7, 11) is 0. The first kappa shape index (κ1) is 14.2. The monoisotopic (exact) mass is 289 g/mol. The van der Waals surface area contributed by atoms with E-state index in [1.54, 1.807) is 0 Å². The number of aliphatic hydroxyl groups is 1. The smallest absolute Gasteiger partial charge is 0.253 e. The highest BCUT2D eigenvalue weighted by atomic mass is 35.5. The van der Waals surface area contributed by atoms with Crippen molar-refractivity contribution in [1.82, 2.24) is 5.32 Å². The Balaban J connectivity index is 2.13. The molecule has 2 N–H and O–H groups in total. The Hall–Kier alpha value is -1.20. The number of carbonyl (C=O) groups excluding carboxylic acids is 1. The topological polar surface area (TPSA) is 49.3 Å². The molecule has 0 heterocycles. The Labute approximate surface area is 114 Å². The van der Waals surface area contributed by atoms with Gasteiger partial charge in [0.1, 0.15) is 0 Å². The van der Waals surface area contributed by atoms with Crippen LogP contribution in [0.4, 0.5) is 8.78 Å². The molecule has 0 spiro atoms. The van der Waals surface area contributed by atoms with Gasteiger partial charge in [0.05, 0.1) is 22.7 Å². The van der Waals surface area contributed by atoms with Gasteiger partial charge in [0, 0.05) is 0 Å². The fraction of sp³-hybridized carbons (Fsp3) is 0.462. The fourth-order valence-corrected chi connectivity index (χ4v) is 2.46. The summed E-state index contributed by atoms with van der Waals surface area (Å²) in [4.78, 5) is 11.9. The Morgan fingerprint density at radius 3 is 2.58 bits per heavy atom. The van der Waals surface area contributed by atoms with E-state index in [1.807, 2.05) is 0 Å². The highest BCUT2D eigenvalue weighted by Gasteiger charge is 2.26. The summed E-state index contributed by atoms with van der Waals surface area (Å²) in [6.07, 6.45) is 2.50. The maximum absolute atomic E-state index is 13.1. The van der Waals surface area contributed by atoms with Crippen LogP contribution in [0.5, 0.6) is 0 Å². The molecule has 1 aromatic rings. The van der Waals surface area contributed by atoms with Crippen LogP contribution >= 0.6 is 11.6 Å². The lowest BCUT2D eigenvalue weighted by Gasteiger charge is -2.28. The zero-order valence-electron chi connectivity index (χ0n) is 10.1. The first-order valence-corrected chi connectivity index (χ1v) is 6.50. The van der Waals surface area contributed by atoms with Crippen LogP contribution in [0, 0.1) is 11.6 Å². The SMILES string of the molecule is O=C(N[C@H]1CCCC[C@@H]1O)c1cc(F)c(F)cc1Cl. The van der Waals surface area contributed by atoms with Crippen molar-refractivity contribution in [3.8, 4) is 0 Å². The third kappa shape index (κ3) is 3.22. The first-order valence-electron chi connectivity index (χ1n) is 6.12. The van der Waals surface area contributed by atoms with E-state index in [4.69, 9.17) is 11.6 Å². The van der Waals surface area contributed by atoms with Crippen LogP contribution in [-0.2, 0) is 0 Å². The highest BCUT2D eigenvalue weighted by molar-refractivity contribution is 6.33. The summed E-state index contributed by atoms with van der Waals surface area (Å²) in [6.45, 7) is 0. The van der Waals surface area contributed by atoms with Crippen molar-refractivity contribution in [2.45, 2.75) is 37.8 Å². The van der Waals surface area contributed by atoms with Gasteiger partial charge in [-0.2, -0.15) is 0 Å². The third-order valence-electron chi connectivity index (χ3n) is 3.30. The molecule has 1 aromatic carbocycles. The van der Waals surface area contributed by atoms with Gasteiger partial charge < -0.3 is 10.4 Å². The third-order valence-corrected chi connectivity index (χ3v) is 3.61. The number of rotatable bonds is 2. The molecule has 0 unspecified atom stereocenters. The van der Waals surface area contributed by atoms with E-state index in [0.717, 1.165) is 25.0 Å². The summed E-state index contributed by atoms with van der Waals surface area (Å²) < 4.78 is 26.0. The maximum Gasteiger partial charge on any atom is 0.253 e. The van der Waals surface area contributed by atoms with Gasteiger partial charge in [0.15, 0.2) is 11.6 Å². The molecule has 0 aromatic heterocycles. The molecule has 2 atom stereocenters. The molecule has 2 rings (SSSR count). The molecule has 1 aliphatic carbocycles. The zero-order valence-corrected chi connectivity index (χ0v) is 10.9. The molecule has 19 heavy (non-hydrogen) atoms. The van der Waals surface area contributed by atoms with Gasteiger partial charge in [-0.15, -0.1) is 0 Å². The summed E-state index contributed by atoms with van der Waals surface area (Å²) in [5, 5.41) is 12.2. The Morgan fingerprint density at radius 2 is 1.89 bits per heavy atom. The van der Waals surface area contributed by atoms with Crippen LogP contribution in [0.15, 0.2) is 12.1 Å². The van der Waals surface area contributed by atoms with Gasteiger partial charge in [0.25, 0.3) is 5.91 Å². The Bertz CT molecular complexity index is 496. The molecule has 0 aliphatic heterocycles. The summed E-state index contributed by atoms with van der Waals surface area (Å²) in [5.41, 5.74) is -0.127. The first-order chi connectivity index (χ1) is 8.99. The molecule has 3 nitrogen and oxygen atoms in total. The van der Waals surface area contributed by atoms with Gasteiger partial charge in [0.2, 0.25) is 0 Å². The van der Waals surface area contributed by atoms with Gasteiger partial charge in [-0.25, -0.2) is 8.78 Å². The maximum atomic E-state index is 13.1. The molecule has 1 amide bonds. The zero-order chi connectivity index (χ0) is 14.0. The largest absolute Gasteiger partial charge is 0.391 e. The lowest BCUT2D eigenvalue weighted by Crippen LogP contribution is -2.45. The molecule has 1 saturated carbocycles. The average molecular weight is 290 g/mol. The second-order valence-corrected chi connectivity index (χ2v) is 5.09. The summed E-state index contributed by atoms with van der Waals surface area (Å²) in [5.74, 6) is -2.83. The van der Waals surface area contributed by atoms with E-state index in [0.29, 0.717) is 12.8 Å². The highest BCUT2D eigenvalue weighted by Crippen LogP contribution is 2.22. The lowest BCUT2D eigenvalue weighted by atomic mass is 9.92. The van der Waals surface area contributed by atoms with Crippen molar-refractivity contribution >= 4 is 17.5 Å². The van der Waals surface area contributed by atoms with Crippen molar-refractivity contribution in [2.24, 2.45) is 0 Å². The van der Waals surface area contributed by atoms with Crippen LogP contribution in [0.1, 0.15) is 36.0 Å². The number of aliphatic hydroxyl groups excluding tert-OH is 1. The minimum atomic E-state index is -1.13. The molecule has 0 saturated heterocycles. The van der Waals surface area contributed by atoms with Crippen molar-refractivity contribution in [2.75, 3.05) is 0 Å². The molecule has 104 valence electrons. The Kier molecular flexibility index (Phi) is 4.37. The van der Waals surface area contributed by atoms with Crippen molar-refractivity contribution in [3.05, 3.63) is 34.4 Å². The van der Waals surface area contributed by atoms with Gasteiger partial charge >= 0.3 is 0 Å². The number of hydrogen-bond donors (Lipinski definition) is 2. The molecule has 1 fully saturated rings. The predicted octanol–water partition coefficient (Wildman–Crippen LogP) is 2.65. The van der Waals surface area contributed by atoms with Crippen LogP contribution in [0.3, 0.4) is 0 Å². The molecule has 6 heteroatoms. The second-order valence-electron chi connectivity index (χ2n) is 4.68. The van der Waals surface area contributed by atoms with E-state index in [-0.39, 0.29) is 16.6 Å². The van der Waals surface area contributed by atoms with Crippen LogP contribution in [0.25, 0.3) is 0 Å². The van der Waals surface area contributed by atoms with E-state index in [2.05, 4.69) is 5.32 Å². The normalized spacial score (nSPS) is 23.2. The minimum Gasteiger partial charge on any atom is -0.391 e. The van der Waals surface area contributed by atoms with Gasteiger partial charge in [-0.05, 0) is 25.0 Å². The molecular weight excluding hydrogens is 276 g/mol. The van der Waals surface area contributed by atoms with Crippen LogP contribution < -0.4 is 5.32 Å². The number of carbonyl (C=O) groups is 1. The van der Waals surface area contributed by atoms with Crippen molar-refractivity contribution < 1.29 is 18.7 Å². The molecule has 0 radical (unpaired) electrons. The van der Waals surface area contributed by atoms with Crippen LogP contribution in [-0.4, -0.2) is 23.2 Å². The number of hydrogen-bond acceptors (Lipinski definition) is 2. The quantitative estimate of drug-likeness (QED) is 0.822. The minimum absolute atomic E-state index is 0.127. The molecule has 0 bridgehead atoms. The lowest BCUT2D eigenvalue weighted by molar-refractivity contribution is 0.0717. The van der Waals surface area contributed by atoms with Crippen molar-refractivity contribution in [1.29, 1.82) is 0 Å². The van der Waals surface area contributed by atoms with Gasteiger partial charge in [-0.3, -0.25) is 4.79 Å². The molecular formula is C13H14ClF2NO2. The average Bonchev–Trinajstić information content (AvgIpc) is 2.36. The molecule has 1 aliphatic rings. The van der Waals surface area contributed by atoms with E-state index in [1.165, 1.54) is 0 Å². The Morgan fingerprint density at radius 1 is 1.26 bits per heavy atom. The summed E-state index contributed by atoms with van der Waals surface area (Å²) in [6, 6.07) is 1.16. The fourth-order valence-electron chi connectivity index (χ4n) is 2.22. The number of halogens is 3. The predicted molar refractivity (Wildman–Crippen MR) is 67.1 cm³/mol. The van der Waals surface area contributed by atoms with E-state index < -0.39 is 23.6 Å². The standard InChI is InChI=1S/C13H14ClF2NO2/c14-8-6-10(16)9(15)5-7(8)13(19)17-11-3-1-2-4-12(11)18/h5-6,11-12,18H,1-4H2,(H,17,19)/t11-,12-/m0/s1. The van der Waals surface area contributed by atoms with Crippen LogP contribution in [0.2, 0.25) is 5.02 Å². The van der Waals surface area contributed by atoms with E-state index in [9.17, 15) is 18.7 Å². The van der Waals surface area contributed by atoms with Crippen molar-refractivity contribution in [3.63, 3.8) is 0 Å². The van der Waals surface area contributed by atoms with E-state index >= 15 is 0 Å². The number of nitrogens with one attached hydrogen (secondary N) is 1. The van der Waals surface area contributed by atoms with Gasteiger partial charge in [-0.1, -0.05) is 24.4 Å². The summed E-state index contributed by atoms with van der Waals surface area (Å²) >= 11 is 5.72.